The number of hydrogen-bond acceptors (Lipinski definition) is 3. The van der Waals surface area contributed by atoms with Crippen molar-refractivity contribution in [3.05, 3.63) is 30.3 Å². The Morgan fingerprint density at radius 3 is 2.18 bits per heavy atom. The lowest BCUT2D eigenvalue weighted by Gasteiger charge is -2.47. The van der Waals surface area contributed by atoms with Gasteiger partial charge in [0.1, 0.15) is 5.54 Å². The van der Waals surface area contributed by atoms with Crippen LogP contribution >= 0.6 is 12.4 Å². The van der Waals surface area contributed by atoms with Gasteiger partial charge in [0.05, 0.1) is 6.67 Å². The van der Waals surface area contributed by atoms with E-state index < -0.39 is 0 Å². The maximum atomic E-state index is 12.8. The van der Waals surface area contributed by atoms with Crippen LogP contribution in [0.25, 0.3) is 0 Å². The number of anilines is 1. The lowest BCUT2D eigenvalue weighted by atomic mass is 9.71. The average Bonchev–Trinajstić information content (AvgIpc) is 2.98. The molecule has 3 aliphatic rings. The Kier molecular flexibility index (Phi) is 6.31. The van der Waals surface area contributed by atoms with E-state index in [1.54, 1.807) is 0 Å². The van der Waals surface area contributed by atoms with Crippen LogP contribution in [-0.2, 0) is 4.79 Å². The van der Waals surface area contributed by atoms with Gasteiger partial charge in [-0.2, -0.15) is 0 Å². The van der Waals surface area contributed by atoms with Gasteiger partial charge in [-0.05, 0) is 62.0 Å². The zero-order valence-electron chi connectivity index (χ0n) is 17.6. The summed E-state index contributed by atoms with van der Waals surface area (Å²) >= 11 is 0. The predicted molar refractivity (Wildman–Crippen MR) is 118 cm³/mol. The van der Waals surface area contributed by atoms with Crippen LogP contribution in [0.15, 0.2) is 30.3 Å². The normalized spacial score (nSPS) is 28.1. The summed E-state index contributed by atoms with van der Waals surface area (Å²) in [6, 6.07) is 11.1. The summed E-state index contributed by atoms with van der Waals surface area (Å²) in [7, 11) is 0. The smallest absolute Gasteiger partial charge is 0.247 e. The first-order valence-corrected chi connectivity index (χ1v) is 10.8. The lowest BCUT2D eigenvalue weighted by Crippen LogP contribution is -2.58. The number of carbonyl (C=O) groups is 1. The minimum atomic E-state index is -0.347. The molecule has 0 radical (unpaired) electrons. The molecular formula is C23H36ClN3O. The van der Waals surface area contributed by atoms with E-state index in [1.165, 1.54) is 25.7 Å². The molecule has 0 atom stereocenters. The van der Waals surface area contributed by atoms with Gasteiger partial charge in [0.2, 0.25) is 5.91 Å². The van der Waals surface area contributed by atoms with Crippen LogP contribution in [0, 0.1) is 11.3 Å². The highest BCUT2D eigenvalue weighted by atomic mass is 35.5. The van der Waals surface area contributed by atoms with Gasteiger partial charge in [-0.25, -0.2) is 0 Å². The molecule has 0 unspecified atom stereocenters. The van der Waals surface area contributed by atoms with E-state index in [0.717, 1.165) is 43.6 Å². The summed E-state index contributed by atoms with van der Waals surface area (Å²) in [5, 5.41) is 3.11. The van der Waals surface area contributed by atoms with E-state index in [1.807, 2.05) is 6.07 Å². The van der Waals surface area contributed by atoms with Crippen LogP contribution < -0.4 is 10.2 Å². The van der Waals surface area contributed by atoms with Crippen molar-refractivity contribution in [2.24, 2.45) is 11.3 Å². The summed E-state index contributed by atoms with van der Waals surface area (Å²) in [6.07, 6.45) is 7.23. The summed E-state index contributed by atoms with van der Waals surface area (Å²) in [4.78, 5) is 17.8. The van der Waals surface area contributed by atoms with Gasteiger partial charge in [-0.15, -0.1) is 12.4 Å². The number of rotatable bonds is 2. The van der Waals surface area contributed by atoms with Crippen molar-refractivity contribution < 1.29 is 4.79 Å². The van der Waals surface area contributed by atoms with Gasteiger partial charge in [-0.1, -0.05) is 39.0 Å². The van der Waals surface area contributed by atoms with E-state index in [2.05, 4.69) is 60.2 Å². The van der Waals surface area contributed by atoms with Crippen LogP contribution in [-0.4, -0.2) is 42.1 Å². The maximum Gasteiger partial charge on any atom is 0.247 e. The van der Waals surface area contributed by atoms with Crippen LogP contribution in [0.2, 0.25) is 0 Å². The van der Waals surface area contributed by atoms with E-state index in [0.29, 0.717) is 12.1 Å². The van der Waals surface area contributed by atoms with Crippen LogP contribution in [0.1, 0.15) is 59.3 Å². The molecule has 2 aliphatic heterocycles. The number of piperidine rings is 1. The van der Waals surface area contributed by atoms with Crippen LogP contribution in [0.5, 0.6) is 0 Å². The number of nitrogens with zero attached hydrogens (tertiary/aromatic N) is 2. The summed E-state index contributed by atoms with van der Waals surface area (Å²) < 4.78 is 0. The van der Waals surface area contributed by atoms with Gasteiger partial charge in [-0.3, -0.25) is 4.79 Å². The maximum absolute atomic E-state index is 12.8. The number of halogens is 1. The molecule has 1 aliphatic carbocycles. The Hall–Kier alpha value is -1.26. The van der Waals surface area contributed by atoms with E-state index >= 15 is 0 Å². The predicted octanol–water partition coefficient (Wildman–Crippen LogP) is 4.44. The van der Waals surface area contributed by atoms with Crippen molar-refractivity contribution in [3.63, 3.8) is 0 Å². The Balaban J connectivity index is 0.00000225. The molecule has 28 heavy (non-hydrogen) atoms. The zero-order valence-corrected chi connectivity index (χ0v) is 18.4. The highest BCUT2D eigenvalue weighted by molar-refractivity contribution is 5.93. The molecular weight excluding hydrogens is 370 g/mol. The molecule has 5 heteroatoms. The Labute approximate surface area is 176 Å². The van der Waals surface area contributed by atoms with Gasteiger partial charge >= 0.3 is 0 Å². The third kappa shape index (κ3) is 3.91. The molecule has 4 nitrogen and oxygen atoms in total. The fourth-order valence-corrected chi connectivity index (χ4v) is 5.60. The number of hydrogen-bond donors (Lipinski definition) is 1. The summed E-state index contributed by atoms with van der Waals surface area (Å²) in [5.41, 5.74) is 1.25. The fraction of sp³-hybridized carbons (Fsp3) is 0.696. The van der Waals surface area contributed by atoms with Crippen molar-refractivity contribution in [2.75, 3.05) is 24.7 Å². The molecule has 0 bridgehead atoms. The molecule has 2 heterocycles. The minimum Gasteiger partial charge on any atom is -0.339 e. The highest BCUT2D eigenvalue weighted by Gasteiger charge is 2.51. The summed E-state index contributed by atoms with van der Waals surface area (Å²) in [6.45, 7) is 9.89. The number of amides is 1. The molecule has 1 saturated carbocycles. The topological polar surface area (TPSA) is 35.6 Å². The van der Waals surface area contributed by atoms with Gasteiger partial charge < -0.3 is 15.1 Å². The molecule has 156 valence electrons. The largest absolute Gasteiger partial charge is 0.339 e. The average molecular weight is 406 g/mol. The quantitative estimate of drug-likeness (QED) is 0.789. The molecule has 1 spiro atoms. The monoisotopic (exact) mass is 405 g/mol. The Morgan fingerprint density at radius 1 is 1.00 bits per heavy atom. The molecule has 1 amide bonds. The third-order valence-electron chi connectivity index (χ3n) is 7.47. The second-order valence-corrected chi connectivity index (χ2v) is 9.87. The van der Waals surface area contributed by atoms with Crippen molar-refractivity contribution >= 4 is 24.0 Å². The lowest BCUT2D eigenvalue weighted by molar-refractivity contribution is -0.125. The first-order valence-electron chi connectivity index (χ1n) is 10.8. The molecule has 2 saturated heterocycles. The van der Waals surface area contributed by atoms with Crippen molar-refractivity contribution in [2.45, 2.75) is 70.9 Å². The Morgan fingerprint density at radius 2 is 1.61 bits per heavy atom. The first kappa shape index (κ1) is 21.4. The molecule has 3 fully saturated rings. The first-order chi connectivity index (χ1) is 12.9. The minimum absolute atomic E-state index is 0. The van der Waals surface area contributed by atoms with Gasteiger partial charge in [0, 0.05) is 24.8 Å². The van der Waals surface area contributed by atoms with E-state index in [4.69, 9.17) is 0 Å². The van der Waals surface area contributed by atoms with Crippen molar-refractivity contribution in [3.8, 4) is 0 Å². The standard InChI is InChI=1S/C23H35N3O.ClH/c1-22(2,3)18-9-11-19(12-10-18)25-15-13-23(14-16-25)21(27)24-17-26(23)20-7-5-4-6-8-20;/h4-8,18-19H,9-17H2,1-3H3,(H,24,27);1H/t18-,19-;. The number of carbonyl (C=O) groups excluding carboxylic acids is 1. The highest BCUT2D eigenvalue weighted by Crippen LogP contribution is 2.41. The van der Waals surface area contributed by atoms with E-state index in [-0.39, 0.29) is 23.9 Å². The molecule has 1 aromatic carbocycles. The van der Waals surface area contributed by atoms with Crippen LogP contribution in [0.4, 0.5) is 5.69 Å². The molecule has 1 N–H and O–H groups in total. The summed E-state index contributed by atoms with van der Waals surface area (Å²) in [5.74, 6) is 1.08. The Bertz CT molecular complexity index is 656. The molecule has 1 aromatic rings. The van der Waals surface area contributed by atoms with Gasteiger partial charge in [0.25, 0.3) is 0 Å². The second kappa shape index (κ2) is 8.23. The molecule has 4 rings (SSSR count). The van der Waals surface area contributed by atoms with Crippen LogP contribution in [0.3, 0.4) is 0 Å². The number of benzene rings is 1. The van der Waals surface area contributed by atoms with Gasteiger partial charge in [0.15, 0.2) is 0 Å². The SMILES string of the molecule is CC(C)(C)[C@H]1CC[C@H](N2CCC3(CC2)C(=O)NCN3c2ccccc2)CC1.Cl. The van der Waals surface area contributed by atoms with Crippen molar-refractivity contribution in [1.82, 2.24) is 10.2 Å². The zero-order chi connectivity index (χ0) is 19.1. The van der Waals surface area contributed by atoms with E-state index in [9.17, 15) is 4.79 Å². The third-order valence-corrected chi connectivity index (χ3v) is 7.47. The fourth-order valence-electron chi connectivity index (χ4n) is 5.60. The number of nitrogens with one attached hydrogen (secondary N) is 1. The van der Waals surface area contributed by atoms with Crippen molar-refractivity contribution in [1.29, 1.82) is 0 Å². The molecule has 0 aromatic heterocycles. The number of para-hydroxylation sites is 1. The number of likely N-dealkylation sites (tertiary alicyclic amines) is 1. The second-order valence-electron chi connectivity index (χ2n) is 9.87.